The van der Waals surface area contributed by atoms with Crippen LogP contribution in [0.25, 0.3) is 16.5 Å². The number of furan rings is 1. The van der Waals surface area contributed by atoms with E-state index in [1.807, 2.05) is 24.4 Å². The van der Waals surface area contributed by atoms with Crippen molar-refractivity contribution >= 4 is 28.9 Å². The summed E-state index contributed by atoms with van der Waals surface area (Å²) in [4.78, 5) is 42.7. The molecule has 4 rings (SSSR count). The zero-order chi connectivity index (χ0) is 22.0. The molecule has 0 bridgehead atoms. The van der Waals surface area contributed by atoms with Gasteiger partial charge in [-0.25, -0.2) is 4.98 Å². The van der Waals surface area contributed by atoms with Crippen LogP contribution in [0.3, 0.4) is 0 Å². The van der Waals surface area contributed by atoms with Gasteiger partial charge in [-0.3, -0.25) is 24.7 Å². The minimum absolute atomic E-state index is 0.138. The molecule has 2 N–H and O–H groups in total. The average molecular weight is 440 g/mol. The minimum Gasteiger partial charge on any atom is -0.395 e. The van der Waals surface area contributed by atoms with Crippen LogP contribution in [0, 0.1) is 10.1 Å². The number of aromatic nitrogens is 4. The molecule has 0 aliphatic heterocycles. The van der Waals surface area contributed by atoms with Gasteiger partial charge in [0.15, 0.2) is 5.76 Å². The molecule has 4 heterocycles. The smallest absolute Gasteiger partial charge is 0.395 e. The first-order chi connectivity index (χ1) is 14.9. The van der Waals surface area contributed by atoms with E-state index in [-0.39, 0.29) is 23.1 Å². The highest BCUT2D eigenvalue weighted by molar-refractivity contribution is 7.13. The molecule has 0 saturated carbocycles. The summed E-state index contributed by atoms with van der Waals surface area (Å²) in [6.45, 7) is 1.97. The molecule has 0 aliphatic rings. The highest BCUT2D eigenvalue weighted by Gasteiger charge is 2.21. The number of nitro groups is 1. The van der Waals surface area contributed by atoms with Gasteiger partial charge in [0.1, 0.15) is 16.4 Å². The maximum Gasteiger partial charge on any atom is 0.433 e. The second-order valence-corrected chi connectivity index (χ2v) is 7.41. The third kappa shape index (κ3) is 4.28. The number of amides is 1. The number of nitrogens with zero attached hydrogens (tertiary/aromatic N) is 4. The maximum absolute atomic E-state index is 12.6. The Morgan fingerprint density at radius 2 is 2.19 bits per heavy atom. The van der Waals surface area contributed by atoms with Gasteiger partial charge in [-0.1, -0.05) is 19.4 Å². The van der Waals surface area contributed by atoms with Gasteiger partial charge >= 0.3 is 5.88 Å². The number of thiophene rings is 1. The molecule has 4 aromatic rings. The highest BCUT2D eigenvalue weighted by Crippen LogP contribution is 2.28. The van der Waals surface area contributed by atoms with E-state index in [9.17, 15) is 19.7 Å². The summed E-state index contributed by atoms with van der Waals surface area (Å²) in [6, 6.07) is 9.06. The summed E-state index contributed by atoms with van der Waals surface area (Å²) in [7, 11) is 0. The van der Waals surface area contributed by atoms with Crippen molar-refractivity contribution in [1.29, 1.82) is 0 Å². The standard InChI is InChI=1S/C19H16N6O5S/c1-2-4-11-9-16(26)22-19(20-11)24-15(10-12(23-24)14-5-3-8-31-14)21-18(27)13-6-7-17(30-13)25(28)29/h3,5-10H,2,4H2,1H3,(H,21,27)(H,20,22,26). The first-order valence-electron chi connectivity index (χ1n) is 9.24. The SMILES string of the molecule is CCCc1cc(=O)[nH]c(-n2nc(-c3cccs3)cc2NC(=O)c2ccc([N+](=O)[O-])o2)n1. The third-order valence-electron chi connectivity index (χ3n) is 4.21. The molecule has 4 aromatic heterocycles. The van der Waals surface area contributed by atoms with Gasteiger partial charge < -0.3 is 9.73 Å². The number of carbonyl (C=O) groups is 1. The lowest BCUT2D eigenvalue weighted by atomic mass is 10.2. The molecule has 0 saturated heterocycles. The second-order valence-electron chi connectivity index (χ2n) is 6.46. The zero-order valence-electron chi connectivity index (χ0n) is 16.2. The van der Waals surface area contributed by atoms with E-state index in [0.717, 1.165) is 17.4 Å². The van der Waals surface area contributed by atoms with Crippen LogP contribution >= 0.6 is 11.3 Å². The molecule has 0 radical (unpaired) electrons. The molecule has 0 unspecified atom stereocenters. The molecule has 12 heteroatoms. The Balaban J connectivity index is 1.75. The molecular weight excluding hydrogens is 424 g/mol. The Labute approximate surface area is 178 Å². The molecule has 31 heavy (non-hydrogen) atoms. The van der Waals surface area contributed by atoms with E-state index in [4.69, 9.17) is 4.42 Å². The van der Waals surface area contributed by atoms with Crippen LogP contribution in [-0.2, 0) is 6.42 Å². The van der Waals surface area contributed by atoms with Crippen LogP contribution in [0.4, 0.5) is 11.7 Å². The van der Waals surface area contributed by atoms with Crippen LogP contribution in [0.1, 0.15) is 29.6 Å². The van der Waals surface area contributed by atoms with Crippen LogP contribution in [-0.4, -0.2) is 30.6 Å². The van der Waals surface area contributed by atoms with Crippen LogP contribution < -0.4 is 10.9 Å². The summed E-state index contributed by atoms with van der Waals surface area (Å²) < 4.78 is 6.27. The number of aromatic amines is 1. The lowest BCUT2D eigenvalue weighted by Crippen LogP contribution is -2.19. The van der Waals surface area contributed by atoms with E-state index >= 15 is 0 Å². The molecular formula is C19H16N6O5S. The first kappa shape index (κ1) is 20.2. The molecule has 1 amide bonds. The van der Waals surface area contributed by atoms with Gasteiger partial charge in [-0.2, -0.15) is 9.78 Å². The monoisotopic (exact) mass is 440 g/mol. The van der Waals surface area contributed by atoms with E-state index < -0.39 is 16.7 Å². The van der Waals surface area contributed by atoms with Crippen molar-refractivity contribution < 1.29 is 14.1 Å². The maximum atomic E-state index is 12.6. The molecule has 0 aromatic carbocycles. The Kier molecular flexibility index (Phi) is 5.45. The van der Waals surface area contributed by atoms with E-state index in [2.05, 4.69) is 20.4 Å². The number of hydrogen-bond donors (Lipinski definition) is 2. The predicted molar refractivity (Wildman–Crippen MR) is 113 cm³/mol. The predicted octanol–water partition coefficient (Wildman–Crippen LogP) is 3.39. The van der Waals surface area contributed by atoms with Gasteiger partial charge in [0.25, 0.3) is 11.5 Å². The Hall–Kier alpha value is -4.06. The summed E-state index contributed by atoms with van der Waals surface area (Å²) in [5, 5.41) is 19.8. The van der Waals surface area contributed by atoms with Gasteiger partial charge in [-0.15, -0.1) is 11.3 Å². The quantitative estimate of drug-likeness (QED) is 0.330. The fraction of sp³-hybridized carbons (Fsp3) is 0.158. The second kappa shape index (κ2) is 8.36. The van der Waals surface area contributed by atoms with Crippen molar-refractivity contribution in [3.05, 3.63) is 73.7 Å². The first-order valence-corrected chi connectivity index (χ1v) is 10.1. The number of hydrogen-bond acceptors (Lipinski definition) is 8. The fourth-order valence-corrected chi connectivity index (χ4v) is 3.56. The molecule has 0 aliphatic carbocycles. The Morgan fingerprint density at radius 1 is 1.35 bits per heavy atom. The molecule has 158 valence electrons. The Morgan fingerprint density at radius 3 is 2.87 bits per heavy atom. The van der Waals surface area contributed by atoms with Crippen molar-refractivity contribution in [2.75, 3.05) is 5.32 Å². The average Bonchev–Trinajstić information content (AvgIpc) is 3.47. The van der Waals surface area contributed by atoms with Gasteiger partial charge in [0.05, 0.1) is 10.9 Å². The van der Waals surface area contributed by atoms with E-state index in [1.165, 1.54) is 28.2 Å². The summed E-state index contributed by atoms with van der Waals surface area (Å²) >= 11 is 1.46. The highest BCUT2D eigenvalue weighted by atomic mass is 32.1. The van der Waals surface area contributed by atoms with Crippen molar-refractivity contribution in [2.45, 2.75) is 19.8 Å². The van der Waals surface area contributed by atoms with Gasteiger partial charge in [0, 0.05) is 17.8 Å². The van der Waals surface area contributed by atoms with Crippen molar-refractivity contribution in [3.63, 3.8) is 0 Å². The van der Waals surface area contributed by atoms with Crippen molar-refractivity contribution in [1.82, 2.24) is 19.7 Å². The minimum atomic E-state index is -0.732. The van der Waals surface area contributed by atoms with Crippen LogP contribution in [0.15, 0.2) is 51.0 Å². The van der Waals surface area contributed by atoms with E-state index in [1.54, 1.807) is 6.07 Å². The Bertz CT molecular complexity index is 1300. The van der Waals surface area contributed by atoms with Gasteiger partial charge in [0.2, 0.25) is 5.95 Å². The number of aryl methyl sites for hydroxylation is 1. The van der Waals surface area contributed by atoms with E-state index in [0.29, 0.717) is 17.8 Å². The van der Waals surface area contributed by atoms with Gasteiger partial charge in [-0.05, 0) is 23.9 Å². The lowest BCUT2D eigenvalue weighted by Gasteiger charge is -2.08. The lowest BCUT2D eigenvalue weighted by molar-refractivity contribution is -0.402. The largest absolute Gasteiger partial charge is 0.433 e. The molecule has 0 atom stereocenters. The third-order valence-corrected chi connectivity index (χ3v) is 5.10. The molecule has 0 fully saturated rings. The number of anilines is 1. The fourth-order valence-electron chi connectivity index (χ4n) is 2.88. The van der Waals surface area contributed by atoms with Crippen LogP contribution in [0.5, 0.6) is 0 Å². The molecule has 0 spiro atoms. The summed E-state index contributed by atoms with van der Waals surface area (Å²) in [5.41, 5.74) is 0.799. The molecule has 11 nitrogen and oxygen atoms in total. The normalized spacial score (nSPS) is 10.9. The summed E-state index contributed by atoms with van der Waals surface area (Å²) in [5.74, 6) is -1.14. The number of rotatable bonds is 7. The van der Waals surface area contributed by atoms with Crippen molar-refractivity contribution in [2.24, 2.45) is 0 Å². The van der Waals surface area contributed by atoms with Crippen LogP contribution in [0.2, 0.25) is 0 Å². The number of nitrogens with one attached hydrogen (secondary N) is 2. The topological polar surface area (TPSA) is 149 Å². The number of H-pyrrole nitrogens is 1. The van der Waals surface area contributed by atoms with Crippen molar-refractivity contribution in [3.8, 4) is 16.5 Å². The number of carbonyl (C=O) groups excluding carboxylic acids is 1. The zero-order valence-corrected chi connectivity index (χ0v) is 17.0. The summed E-state index contributed by atoms with van der Waals surface area (Å²) in [6.07, 6.45) is 1.41.